The molecule has 0 bridgehead atoms. The first kappa shape index (κ1) is 93.7. The molecule has 0 aliphatic carbocycles. The minimum Gasteiger partial charge on any atom is -0.497 e. The fourth-order valence-corrected chi connectivity index (χ4v) is 9.34. The number of halogens is 8. The number of ether oxygens (including phenoxy) is 3. The van der Waals surface area contributed by atoms with E-state index in [0.29, 0.717) is 0 Å². The first-order valence-electron chi connectivity index (χ1n) is 34.4. The molecule has 11 aromatic rings. The van der Waals surface area contributed by atoms with Crippen LogP contribution in [-0.2, 0) is 31.9 Å². The maximum Gasteiger partial charge on any atom is 0.573 e. The molecular weight excluding hydrogens is 1390 g/mol. The number of hydrogen-bond acceptors (Lipinski definition) is 5. The molecule has 0 spiro atoms. The molecule has 104 heavy (non-hydrogen) atoms. The van der Waals surface area contributed by atoms with Gasteiger partial charge in [0.1, 0.15) is 17.2 Å². The van der Waals surface area contributed by atoms with E-state index in [1.807, 2.05) is 79.3 Å². The zero-order valence-corrected chi connectivity index (χ0v) is 66.9. The molecule has 0 aliphatic heterocycles. The van der Waals surface area contributed by atoms with Crippen LogP contribution < -0.4 is 14.2 Å². The topological polar surface area (TPSA) is 27.7 Å². The number of aryl methyl sites for hydroxylation is 14. The highest BCUT2D eigenvalue weighted by atomic mass is 35.5. The van der Waals surface area contributed by atoms with Gasteiger partial charge in [-0.15, -0.1) is 24.9 Å². The lowest BCUT2D eigenvalue weighted by Crippen LogP contribution is -2.16. The second-order valence-corrected chi connectivity index (χ2v) is 26.8. The second kappa shape index (κ2) is 55.2. The summed E-state index contributed by atoms with van der Waals surface area (Å²) in [6.07, 6.45) is 1.34. The van der Waals surface area contributed by atoms with Crippen LogP contribution in [0.5, 0.6) is 17.2 Å². The van der Waals surface area contributed by atoms with Gasteiger partial charge in [-0.1, -0.05) is 294 Å². The molecule has 0 fully saturated rings. The Labute approximate surface area is 638 Å². The maximum atomic E-state index is 11.9. The highest BCUT2D eigenvalue weighted by Gasteiger charge is 2.31. The summed E-state index contributed by atoms with van der Waals surface area (Å²) in [4.78, 5) is 1.33. The van der Waals surface area contributed by atoms with Gasteiger partial charge in [0.05, 0.1) is 19.8 Å². The van der Waals surface area contributed by atoms with Crippen molar-refractivity contribution in [2.75, 3.05) is 32.5 Å². The van der Waals surface area contributed by atoms with Gasteiger partial charge >= 0.3 is 12.5 Å². The lowest BCUT2D eigenvalue weighted by Gasteiger charge is -2.08. The van der Waals surface area contributed by atoms with Gasteiger partial charge in [-0.2, -0.15) is 24.9 Å². The summed E-state index contributed by atoms with van der Waals surface area (Å²) in [6.45, 7) is 26.8. The molecule has 0 amide bonds. The van der Waals surface area contributed by atoms with E-state index >= 15 is 0 Å². The Hall–Kier alpha value is -8.32. The number of benzene rings is 11. The zero-order valence-electron chi connectivity index (χ0n) is 63.8. The van der Waals surface area contributed by atoms with Gasteiger partial charge in [0.2, 0.25) is 0 Å². The molecule has 0 atom stereocenters. The van der Waals surface area contributed by atoms with Gasteiger partial charge in [0, 0.05) is 14.9 Å². The Morgan fingerprint density at radius 2 is 0.644 bits per heavy atom. The number of rotatable bonds is 11. The summed E-state index contributed by atoms with van der Waals surface area (Å²) in [5.41, 5.74) is 17.4. The van der Waals surface area contributed by atoms with E-state index in [4.69, 9.17) is 32.7 Å². The van der Waals surface area contributed by atoms with Gasteiger partial charge in [-0.3, -0.25) is 0 Å². The monoisotopic (exact) mass is 1500 g/mol. The lowest BCUT2D eigenvalue weighted by molar-refractivity contribution is -0.274. The van der Waals surface area contributed by atoms with Crippen LogP contribution in [0.4, 0.5) is 26.3 Å². The van der Waals surface area contributed by atoms with Gasteiger partial charge in [0.25, 0.3) is 0 Å². The van der Waals surface area contributed by atoms with E-state index < -0.39 is 18.1 Å². The molecule has 558 valence electrons. The molecule has 13 heteroatoms. The molecule has 11 rings (SSSR count). The van der Waals surface area contributed by atoms with Crippen LogP contribution >= 0.6 is 46.7 Å². The molecule has 0 N–H and O–H groups in total. The van der Waals surface area contributed by atoms with E-state index in [1.54, 1.807) is 64.1 Å². The molecular formula is C91H108Cl2F6O3S2. The Morgan fingerprint density at radius 3 is 0.971 bits per heavy atom. The van der Waals surface area contributed by atoms with Crippen LogP contribution in [-0.4, -0.2) is 38.8 Å². The van der Waals surface area contributed by atoms with Crippen molar-refractivity contribution in [1.82, 2.24) is 0 Å². The molecule has 3 nitrogen and oxygen atoms in total. The van der Waals surface area contributed by atoms with Crippen LogP contribution in [0, 0.1) is 69.2 Å². The fraction of sp³-hybridized carbons (Fsp3) is 0.275. The zero-order chi connectivity index (χ0) is 77.7. The molecule has 0 aromatic heterocycles. The SMILES string of the molecule is CCCc1ccc(C)cc1.CCc1ccc(C)cc1.CCc1cccc(C)c1.COc1ccc(C)cc1.COc1ccc(Cl)cc1.CSCCc1ccccc1.CSc1ccc(C)cc1.Cc1ccc(C(F)(F)F)cc1.Cc1ccc(C)cc1.Cc1ccc(Cl)cc1.Cc1ccc(OC(F)(F)F)cc1. The van der Waals surface area contributed by atoms with Crippen molar-refractivity contribution in [2.24, 2.45) is 0 Å². The maximum absolute atomic E-state index is 11.9. The summed E-state index contributed by atoms with van der Waals surface area (Å²) in [5, 5.41) is 1.53. The standard InChI is InChI=1S/C10H14.C9H12S.2C9H12.C8H7F3O.C8H7F3.C8H10O.C8H10S.C8H10.C7H7ClO.C7H7Cl/c1-3-4-10-7-5-9(2)6-8-10;1-10-8-7-9-5-3-2-4-6-9;1-3-9-6-4-8(2)5-7-9;1-3-9-6-4-5-8(2)7-9;1-6-2-4-7(5-3-6)12-8(9,10)11;1-6-2-4-7(5-3-6)8(9,10)11;2*1-7-3-5-8(9-2)6-4-7;1-7-3-5-8(2)6-4-7;1-9-7-4-2-6(8)3-5-7;1-6-2-4-7(8)5-3-6/h5-8H,3-4H2,1-2H3;2-6H,7-8H2,1H3;2*4-7H,3H2,1-2H3;2-5H,1H3;2-5H,1H3;2*3-6H,1-2H3;3-6H,1-2H3;2-5H,1H3;2-5H,1H3. The van der Waals surface area contributed by atoms with Crippen molar-refractivity contribution < 1.29 is 40.6 Å². The van der Waals surface area contributed by atoms with Crippen LogP contribution in [0.3, 0.4) is 0 Å². The molecule has 0 unspecified atom stereocenters. The summed E-state index contributed by atoms with van der Waals surface area (Å²) < 4.78 is 84.2. The van der Waals surface area contributed by atoms with Crippen molar-refractivity contribution in [3.05, 3.63) is 366 Å². The van der Waals surface area contributed by atoms with Crippen molar-refractivity contribution in [2.45, 2.75) is 140 Å². The van der Waals surface area contributed by atoms with Gasteiger partial charge in [0.15, 0.2) is 0 Å². The highest BCUT2D eigenvalue weighted by Crippen LogP contribution is 2.29. The van der Waals surface area contributed by atoms with Crippen LogP contribution in [0.25, 0.3) is 0 Å². The first-order valence-corrected chi connectivity index (χ1v) is 37.7. The van der Waals surface area contributed by atoms with Crippen LogP contribution in [0.2, 0.25) is 10.0 Å². The van der Waals surface area contributed by atoms with E-state index in [1.165, 1.54) is 121 Å². The van der Waals surface area contributed by atoms with Gasteiger partial charge < -0.3 is 14.2 Å². The molecule has 0 radical (unpaired) electrons. The fourth-order valence-electron chi connectivity index (χ4n) is 8.24. The number of hydrogen-bond donors (Lipinski definition) is 0. The van der Waals surface area contributed by atoms with Crippen molar-refractivity contribution >= 4 is 46.7 Å². The predicted octanol–water partition coefficient (Wildman–Crippen LogP) is 28.6. The normalized spacial score (nSPS) is 9.89. The van der Waals surface area contributed by atoms with Crippen molar-refractivity contribution in [1.29, 1.82) is 0 Å². The number of alkyl halides is 6. The number of methoxy groups -OCH3 is 2. The Balaban J connectivity index is 0.000000573. The lowest BCUT2D eigenvalue weighted by atomic mass is 10.1. The third kappa shape index (κ3) is 49.4. The van der Waals surface area contributed by atoms with Crippen LogP contribution in [0.1, 0.15) is 111 Å². The highest BCUT2D eigenvalue weighted by molar-refractivity contribution is 7.98. The molecule has 0 saturated carbocycles. The Morgan fingerprint density at radius 1 is 0.327 bits per heavy atom. The summed E-state index contributed by atoms with van der Waals surface area (Å²) in [5.74, 6) is 2.79. The van der Waals surface area contributed by atoms with Crippen molar-refractivity contribution in [3.8, 4) is 17.2 Å². The number of thioether (sulfide) groups is 2. The van der Waals surface area contributed by atoms with E-state index in [0.717, 1.165) is 57.6 Å². The predicted molar refractivity (Wildman–Crippen MR) is 440 cm³/mol. The van der Waals surface area contributed by atoms with E-state index in [9.17, 15) is 26.3 Å². The largest absolute Gasteiger partial charge is 0.573 e. The molecule has 0 saturated heterocycles. The minimum absolute atomic E-state index is 0.187. The average Bonchev–Trinajstić information content (AvgIpc) is 0.859. The van der Waals surface area contributed by atoms with E-state index in [2.05, 4.69) is 238 Å². The van der Waals surface area contributed by atoms with Crippen LogP contribution in [0.15, 0.2) is 278 Å². The summed E-state index contributed by atoms with van der Waals surface area (Å²) in [7, 11) is 3.30. The van der Waals surface area contributed by atoms with Gasteiger partial charge in [-0.25, -0.2) is 0 Å². The Kier molecular flexibility index (Phi) is 49.7. The summed E-state index contributed by atoms with van der Waals surface area (Å²) >= 11 is 14.9. The quantitative estimate of drug-likeness (QED) is 0.0950. The third-order valence-corrected chi connectivity index (χ3v) is 16.4. The second-order valence-electron chi connectivity index (χ2n) is 24.0. The molecule has 0 heterocycles. The summed E-state index contributed by atoms with van der Waals surface area (Å²) in [6, 6.07) is 87.3. The van der Waals surface area contributed by atoms with Gasteiger partial charge in [-0.05, 0) is 220 Å². The minimum atomic E-state index is -4.60. The molecule has 11 aromatic carbocycles. The Bertz CT molecular complexity index is 3610. The first-order chi connectivity index (χ1) is 49.4. The molecule has 0 aliphatic rings. The van der Waals surface area contributed by atoms with Crippen molar-refractivity contribution in [3.63, 3.8) is 0 Å². The third-order valence-electron chi connectivity index (χ3n) is 14.5. The van der Waals surface area contributed by atoms with E-state index in [-0.39, 0.29) is 5.75 Å². The smallest absolute Gasteiger partial charge is 0.497 e. The average molecular weight is 1500 g/mol.